The Labute approximate surface area is 118 Å². The van der Waals surface area contributed by atoms with Gasteiger partial charge in [0.1, 0.15) is 6.04 Å². The lowest BCUT2D eigenvalue weighted by molar-refractivity contribution is -0.139. The van der Waals surface area contributed by atoms with E-state index in [0.29, 0.717) is 29.6 Å². The van der Waals surface area contributed by atoms with E-state index in [1.54, 1.807) is 0 Å². The van der Waals surface area contributed by atoms with Crippen LogP contribution in [0.2, 0.25) is 16.6 Å². The summed E-state index contributed by atoms with van der Waals surface area (Å²) >= 11 is 0. The smallest absolute Gasteiger partial charge is 0.320 e. The van der Waals surface area contributed by atoms with Crippen molar-refractivity contribution in [1.29, 1.82) is 0 Å². The second kappa shape index (κ2) is 6.37. The zero-order valence-corrected chi connectivity index (χ0v) is 14.1. The summed E-state index contributed by atoms with van der Waals surface area (Å²) in [5, 5.41) is 12.1. The van der Waals surface area contributed by atoms with Crippen molar-refractivity contribution in [1.82, 2.24) is 5.32 Å². The van der Waals surface area contributed by atoms with Crippen LogP contribution in [-0.2, 0) is 9.22 Å². The fraction of sp³-hybridized carbons (Fsp3) is 0.929. The Bertz CT molecular complexity index is 296. The van der Waals surface area contributed by atoms with Crippen LogP contribution < -0.4 is 5.32 Å². The minimum atomic E-state index is -1.89. The Hall–Kier alpha value is -0.393. The number of hydrogen-bond acceptors (Lipinski definition) is 3. The fourth-order valence-corrected chi connectivity index (χ4v) is 9.25. The van der Waals surface area contributed by atoms with Crippen LogP contribution in [0.15, 0.2) is 0 Å². The molecule has 1 aliphatic heterocycles. The summed E-state index contributed by atoms with van der Waals surface area (Å²) in [6, 6.07) is -0.441. The number of nitrogens with one attached hydrogen (secondary N) is 1. The average molecular weight is 287 g/mol. The number of rotatable bonds is 6. The van der Waals surface area contributed by atoms with E-state index < -0.39 is 20.3 Å². The van der Waals surface area contributed by atoms with Gasteiger partial charge in [0.25, 0.3) is 0 Å². The van der Waals surface area contributed by atoms with Gasteiger partial charge in [0, 0.05) is 6.54 Å². The molecule has 0 aromatic carbocycles. The highest BCUT2D eigenvalue weighted by molar-refractivity contribution is 6.77. The maximum absolute atomic E-state index is 11.0. The van der Waals surface area contributed by atoms with Gasteiger partial charge >= 0.3 is 5.97 Å². The Morgan fingerprint density at radius 3 is 1.95 bits per heavy atom. The van der Waals surface area contributed by atoms with Crippen LogP contribution in [0.25, 0.3) is 0 Å². The van der Waals surface area contributed by atoms with Crippen LogP contribution in [-0.4, -0.2) is 38.1 Å². The van der Waals surface area contributed by atoms with Crippen LogP contribution in [0.4, 0.5) is 0 Å². The van der Waals surface area contributed by atoms with Gasteiger partial charge < -0.3 is 14.8 Å². The molecule has 0 unspecified atom stereocenters. The van der Waals surface area contributed by atoms with E-state index in [1.165, 1.54) is 0 Å². The Morgan fingerprint density at radius 2 is 1.63 bits per heavy atom. The molecule has 2 N–H and O–H groups in total. The molecule has 112 valence electrons. The van der Waals surface area contributed by atoms with Gasteiger partial charge in [-0.15, -0.1) is 0 Å². The molecule has 0 aromatic rings. The van der Waals surface area contributed by atoms with Gasteiger partial charge in [-0.3, -0.25) is 4.79 Å². The monoisotopic (exact) mass is 287 g/mol. The molecule has 0 radical (unpaired) electrons. The predicted molar refractivity (Wildman–Crippen MR) is 80.0 cm³/mol. The summed E-state index contributed by atoms with van der Waals surface area (Å²) in [6.07, 6.45) is 0.649. The van der Waals surface area contributed by atoms with Crippen molar-refractivity contribution in [2.45, 2.75) is 76.7 Å². The molecular weight excluding hydrogens is 258 g/mol. The molecule has 5 heteroatoms. The van der Waals surface area contributed by atoms with Gasteiger partial charge in [0.2, 0.25) is 8.32 Å². The minimum Gasteiger partial charge on any atom is -0.480 e. The molecule has 0 saturated carbocycles. The number of carboxylic acids is 1. The van der Waals surface area contributed by atoms with Crippen LogP contribution in [0.3, 0.4) is 0 Å². The average Bonchev–Trinajstić information content (AvgIpc) is 2.72. The molecule has 0 aromatic heterocycles. The molecule has 1 heterocycles. The van der Waals surface area contributed by atoms with Gasteiger partial charge in [-0.25, -0.2) is 0 Å². The SMILES string of the molecule is CC(C)[Si](O[C@H]1CN[C@H](C(=O)O)C1)(C(C)C)C(C)C. The van der Waals surface area contributed by atoms with Crippen molar-refractivity contribution in [3.63, 3.8) is 0 Å². The lowest BCUT2D eigenvalue weighted by Gasteiger charge is -2.44. The number of hydrogen-bond donors (Lipinski definition) is 2. The predicted octanol–water partition coefficient (Wildman–Crippen LogP) is 2.99. The standard InChI is InChI=1S/C14H29NO3Si/c1-9(2)19(10(3)4,11(5)6)18-12-7-13(14(16)17)15-8-12/h9-13,15H,7-8H2,1-6H3,(H,16,17)/t12-,13+/m1/s1. The second-order valence-electron chi connectivity index (χ2n) is 6.59. The van der Waals surface area contributed by atoms with Gasteiger partial charge in [-0.05, 0) is 23.0 Å². The molecule has 1 rings (SSSR count). The first-order chi connectivity index (χ1) is 8.71. The van der Waals surface area contributed by atoms with Gasteiger partial charge in [0.15, 0.2) is 0 Å². The first-order valence-electron chi connectivity index (χ1n) is 7.35. The number of carbonyl (C=O) groups is 1. The van der Waals surface area contributed by atoms with Gasteiger partial charge in [0.05, 0.1) is 6.10 Å². The van der Waals surface area contributed by atoms with E-state index in [2.05, 4.69) is 46.9 Å². The van der Waals surface area contributed by atoms with Crippen molar-refractivity contribution in [3.05, 3.63) is 0 Å². The molecule has 1 saturated heterocycles. The minimum absolute atomic E-state index is 0.0555. The summed E-state index contributed by atoms with van der Waals surface area (Å²) in [7, 11) is -1.89. The lowest BCUT2D eigenvalue weighted by Crippen LogP contribution is -2.50. The molecule has 0 spiro atoms. The van der Waals surface area contributed by atoms with Crippen molar-refractivity contribution in [2.75, 3.05) is 6.54 Å². The fourth-order valence-electron chi connectivity index (χ4n) is 3.68. The van der Waals surface area contributed by atoms with Crippen LogP contribution in [0.5, 0.6) is 0 Å². The third kappa shape index (κ3) is 3.38. The van der Waals surface area contributed by atoms with Crippen molar-refractivity contribution < 1.29 is 14.3 Å². The van der Waals surface area contributed by atoms with Gasteiger partial charge in [-0.2, -0.15) is 0 Å². The molecule has 4 nitrogen and oxygen atoms in total. The van der Waals surface area contributed by atoms with E-state index in [-0.39, 0.29) is 6.10 Å². The van der Waals surface area contributed by atoms with Crippen molar-refractivity contribution >= 4 is 14.3 Å². The van der Waals surface area contributed by atoms with E-state index in [4.69, 9.17) is 9.53 Å². The first-order valence-corrected chi connectivity index (χ1v) is 9.49. The zero-order chi connectivity index (χ0) is 14.8. The molecule has 19 heavy (non-hydrogen) atoms. The van der Waals surface area contributed by atoms with E-state index in [1.807, 2.05) is 0 Å². The van der Waals surface area contributed by atoms with Crippen LogP contribution in [0, 0.1) is 0 Å². The quantitative estimate of drug-likeness (QED) is 0.737. The molecule has 2 atom stereocenters. The second-order valence-corrected chi connectivity index (χ2v) is 12.0. The first kappa shape index (κ1) is 16.7. The summed E-state index contributed by atoms with van der Waals surface area (Å²) in [5.41, 5.74) is 1.61. The normalized spacial score (nSPS) is 24.7. The highest BCUT2D eigenvalue weighted by Crippen LogP contribution is 2.43. The zero-order valence-electron chi connectivity index (χ0n) is 13.1. The third-order valence-corrected chi connectivity index (χ3v) is 10.6. The third-order valence-electron chi connectivity index (χ3n) is 4.47. The van der Waals surface area contributed by atoms with Gasteiger partial charge in [-0.1, -0.05) is 41.5 Å². The topological polar surface area (TPSA) is 58.6 Å². The molecule has 1 fully saturated rings. The maximum Gasteiger partial charge on any atom is 0.320 e. The Morgan fingerprint density at radius 1 is 1.16 bits per heavy atom. The largest absolute Gasteiger partial charge is 0.480 e. The summed E-state index contributed by atoms with van der Waals surface area (Å²) in [6.45, 7) is 14.2. The number of aliphatic carboxylic acids is 1. The van der Waals surface area contributed by atoms with E-state index in [9.17, 15) is 4.79 Å². The molecule has 0 aliphatic carbocycles. The van der Waals surface area contributed by atoms with E-state index >= 15 is 0 Å². The summed E-state index contributed by atoms with van der Waals surface area (Å²) in [4.78, 5) is 11.0. The Kier molecular flexibility index (Phi) is 5.59. The van der Waals surface area contributed by atoms with Crippen LogP contribution >= 0.6 is 0 Å². The lowest BCUT2D eigenvalue weighted by atomic mass is 10.2. The summed E-state index contributed by atoms with van der Waals surface area (Å²) in [5.74, 6) is -0.767. The van der Waals surface area contributed by atoms with Crippen molar-refractivity contribution in [3.8, 4) is 0 Å². The Balaban J connectivity index is 2.82. The van der Waals surface area contributed by atoms with E-state index in [0.717, 1.165) is 0 Å². The highest BCUT2D eigenvalue weighted by Gasteiger charge is 2.47. The maximum atomic E-state index is 11.0. The molecule has 0 bridgehead atoms. The number of carboxylic acid groups (broad SMARTS) is 1. The molecule has 1 aliphatic rings. The molecular formula is C14H29NO3Si. The highest BCUT2D eigenvalue weighted by atomic mass is 28.4. The molecule has 0 amide bonds. The summed E-state index contributed by atoms with van der Waals surface area (Å²) < 4.78 is 6.58. The van der Waals surface area contributed by atoms with Crippen molar-refractivity contribution in [2.24, 2.45) is 0 Å². The van der Waals surface area contributed by atoms with Crippen LogP contribution in [0.1, 0.15) is 48.0 Å².